The van der Waals surface area contributed by atoms with Crippen LogP contribution in [0.1, 0.15) is 145 Å². The molecule has 4 aromatic rings. The molecule has 0 saturated carbocycles. The second-order valence-electron chi connectivity index (χ2n) is 40.0. The van der Waals surface area contributed by atoms with E-state index in [9.17, 15) is 27.2 Å². The molecule has 0 unspecified atom stereocenters. The molecule has 740 valence electrons. The molecule has 136 heavy (non-hydrogen) atoms. The molecule has 0 bridgehead atoms. The highest BCUT2D eigenvalue weighted by Gasteiger charge is 2.48. The summed E-state index contributed by atoms with van der Waals surface area (Å²) in [7, 11) is 0. The average molecular weight is 1960 g/mol. The Morgan fingerprint density at radius 1 is 0.353 bits per heavy atom. The Morgan fingerprint density at radius 2 is 0.640 bits per heavy atom. The van der Waals surface area contributed by atoms with Gasteiger partial charge in [0.15, 0.2) is 0 Å². The standard InChI is InChI=1S/C25H33ClF2N6O2.C25H37ClN6O.C24H31ClF2N6O2.C24H35ClN6O/c26-18-3-1-17(2-4-18)13-20-16-36-21(24(35)33-11-7-25(27,28)8-12-33)15-34(20)19-5-9-32(10-6-19)23-14-22(29)30-31-23;26-20-6-4-19(5-7-20)14-22-18-33-23(16-30-10-2-1-3-11-30)17-32(22)21-8-12-31(13-9-21)25-15-24(27)28-29-25;25-17-3-1-16(2-4-17)11-19-14-35-20(23(34)32-10-7-24(26,27)15-32)13-33(19)18-5-8-31(9-6-18)22-12-21(28)29-30-22;1-17-12-29(13-17)14-22-15-31(21(16-32-22)10-18-2-4-19(25)5-3-18)20-6-8-30(9-7-20)24-11-23(26)27-28-24/h1-4,19-21H,5-16H2,(H2,29,30);4-7,21-23H,1-3,8-18H2,(H2,27,28);1-4,18-20H,5-15H2,(H2,28,29);2-5,17,20-22H,6-16H2,1H3,(H2,26,27)/t20-,21+;22-,23-;19-,20+;21-,22-/m0000/s1. The number of carbonyl (C=O) groups is 2. The van der Waals surface area contributed by atoms with E-state index in [0.29, 0.717) is 122 Å². The van der Waals surface area contributed by atoms with Crippen LogP contribution < -0.4 is 22.9 Å². The molecule has 0 spiro atoms. The molecule has 4 aromatic carbocycles. The Kier molecular flexibility index (Phi) is 33.8. The van der Waals surface area contributed by atoms with Gasteiger partial charge >= 0.3 is 0 Å². The molecule has 38 heteroatoms. The summed E-state index contributed by atoms with van der Waals surface area (Å²) in [6, 6.07) is 34.9. The number of amidine groups is 8. The van der Waals surface area contributed by atoms with Crippen LogP contribution in [0.5, 0.6) is 0 Å². The highest BCUT2D eigenvalue weighted by Crippen LogP contribution is 2.37. The molecule has 0 aromatic heterocycles. The van der Waals surface area contributed by atoms with E-state index < -0.39 is 30.6 Å². The lowest BCUT2D eigenvalue weighted by atomic mass is 9.95. The van der Waals surface area contributed by atoms with Gasteiger partial charge in [0.05, 0.1) is 70.9 Å². The minimum Gasteiger partial charge on any atom is -0.385 e. The molecule has 16 aliphatic heterocycles. The van der Waals surface area contributed by atoms with Crippen molar-refractivity contribution in [2.24, 2.45) is 69.7 Å². The molecular weight excluding hydrogens is 1830 g/mol. The quantitative estimate of drug-likeness (QED) is 0.0673. The van der Waals surface area contributed by atoms with Crippen molar-refractivity contribution in [1.29, 1.82) is 0 Å². The zero-order chi connectivity index (χ0) is 94.6. The van der Waals surface area contributed by atoms with Crippen LogP contribution in [-0.2, 0) is 54.2 Å². The van der Waals surface area contributed by atoms with Crippen LogP contribution in [0.25, 0.3) is 0 Å². The molecule has 8 N–H and O–H groups in total. The van der Waals surface area contributed by atoms with E-state index in [1.807, 2.05) is 72.8 Å². The number of alkyl halides is 4. The zero-order valence-electron chi connectivity index (χ0n) is 78.4. The van der Waals surface area contributed by atoms with Gasteiger partial charge in [0.25, 0.3) is 23.7 Å². The summed E-state index contributed by atoms with van der Waals surface area (Å²) in [5.41, 5.74) is 28.2. The van der Waals surface area contributed by atoms with E-state index in [0.717, 1.165) is 219 Å². The zero-order valence-corrected chi connectivity index (χ0v) is 81.4. The third-order valence-corrected chi connectivity index (χ3v) is 31.1. The van der Waals surface area contributed by atoms with Gasteiger partial charge in [0, 0.05) is 212 Å². The summed E-state index contributed by atoms with van der Waals surface area (Å²) in [6.45, 7) is 21.7. The number of rotatable bonds is 18. The summed E-state index contributed by atoms with van der Waals surface area (Å²) < 4.78 is 79.6. The van der Waals surface area contributed by atoms with Gasteiger partial charge in [-0.3, -0.25) is 29.2 Å². The number of piperidine rings is 6. The van der Waals surface area contributed by atoms with Crippen LogP contribution in [0.3, 0.4) is 0 Å². The maximum atomic E-state index is 13.7. The second kappa shape index (κ2) is 46.2. The Bertz CT molecular complexity index is 4900. The Hall–Kier alpha value is -7.94. The number of hydrogen-bond donors (Lipinski definition) is 4. The first-order valence-corrected chi connectivity index (χ1v) is 51.0. The van der Waals surface area contributed by atoms with Gasteiger partial charge in [-0.1, -0.05) is 108 Å². The third-order valence-electron chi connectivity index (χ3n) is 30.1. The first-order chi connectivity index (χ1) is 65.7. The predicted octanol–water partition coefficient (Wildman–Crippen LogP) is 10.5. The molecule has 0 aliphatic carbocycles. The third kappa shape index (κ3) is 26.8. The number of morpholine rings is 4. The Morgan fingerprint density at radius 3 is 0.934 bits per heavy atom. The summed E-state index contributed by atoms with van der Waals surface area (Å²) in [6.07, 6.45) is 16.7. The van der Waals surface area contributed by atoms with Crippen molar-refractivity contribution in [3.05, 3.63) is 139 Å². The van der Waals surface area contributed by atoms with Crippen molar-refractivity contribution in [3.63, 3.8) is 0 Å². The van der Waals surface area contributed by atoms with E-state index in [1.54, 1.807) is 4.90 Å². The van der Waals surface area contributed by atoms with Gasteiger partial charge in [-0.05, 0) is 180 Å². The summed E-state index contributed by atoms with van der Waals surface area (Å²) in [4.78, 5) is 53.7. The lowest BCUT2D eigenvalue weighted by Crippen LogP contribution is -2.61. The van der Waals surface area contributed by atoms with E-state index >= 15 is 0 Å². The molecule has 8 atom stereocenters. The Balaban J connectivity index is 0.000000126. The molecular formula is C98H136Cl4F4N24O6. The van der Waals surface area contributed by atoms with Crippen LogP contribution in [0.4, 0.5) is 17.6 Å². The molecule has 12 saturated heterocycles. The fraction of sp³-hybridized carbons (Fsp3) is 0.653. The molecule has 20 rings (SSSR count). The minimum atomic E-state index is -2.82. The van der Waals surface area contributed by atoms with Crippen LogP contribution in [0.15, 0.2) is 138 Å². The van der Waals surface area contributed by atoms with Gasteiger partial charge < -0.3 is 81.1 Å². The van der Waals surface area contributed by atoms with E-state index in [1.165, 1.54) is 61.5 Å². The molecule has 12 fully saturated rings. The van der Waals surface area contributed by atoms with Crippen LogP contribution in [-0.4, -0.2) is 372 Å². The number of carbonyl (C=O) groups excluding carboxylic acids is 2. The lowest BCUT2D eigenvalue weighted by Gasteiger charge is -2.48. The number of nitrogens with two attached hydrogens (primary N) is 4. The summed E-state index contributed by atoms with van der Waals surface area (Å²) in [5.74, 6) is 1.04. The van der Waals surface area contributed by atoms with Crippen molar-refractivity contribution < 1.29 is 46.1 Å². The molecule has 30 nitrogen and oxygen atoms in total. The summed E-state index contributed by atoms with van der Waals surface area (Å²) in [5, 5.41) is 35.9. The van der Waals surface area contributed by atoms with E-state index in [4.69, 9.17) is 88.3 Å². The fourth-order valence-electron chi connectivity index (χ4n) is 22.6. The van der Waals surface area contributed by atoms with Crippen molar-refractivity contribution in [3.8, 4) is 0 Å². The molecule has 0 radical (unpaired) electrons. The Labute approximate surface area is 817 Å². The van der Waals surface area contributed by atoms with Gasteiger partial charge in [-0.2, -0.15) is 0 Å². The highest BCUT2D eigenvalue weighted by atomic mass is 35.5. The van der Waals surface area contributed by atoms with Crippen LogP contribution in [0, 0.1) is 5.92 Å². The van der Waals surface area contributed by atoms with Gasteiger partial charge in [0.1, 0.15) is 58.9 Å². The minimum absolute atomic E-state index is 0.0750. The topological polar surface area (TPSA) is 313 Å². The highest BCUT2D eigenvalue weighted by molar-refractivity contribution is 6.31. The van der Waals surface area contributed by atoms with Crippen LogP contribution >= 0.6 is 46.4 Å². The van der Waals surface area contributed by atoms with Gasteiger partial charge in [-0.25, -0.2) is 17.6 Å². The summed E-state index contributed by atoms with van der Waals surface area (Å²) >= 11 is 24.4. The number of ether oxygens (including phenoxy) is 4. The first-order valence-electron chi connectivity index (χ1n) is 49.5. The van der Waals surface area contributed by atoms with E-state index in [2.05, 4.69) is 121 Å². The second-order valence-corrected chi connectivity index (χ2v) is 41.8. The number of halogens is 8. The molecule has 2 amide bonds. The van der Waals surface area contributed by atoms with Crippen molar-refractivity contribution in [1.82, 2.24) is 58.8 Å². The number of amides is 2. The number of benzene rings is 4. The van der Waals surface area contributed by atoms with Crippen molar-refractivity contribution in [2.45, 2.75) is 233 Å². The normalized spacial score (nSPS) is 28.0. The van der Waals surface area contributed by atoms with E-state index in [-0.39, 0.29) is 74.9 Å². The lowest BCUT2D eigenvalue weighted by molar-refractivity contribution is -0.160. The molecule has 16 aliphatic rings. The first kappa shape index (κ1) is 99.6. The monoisotopic (exact) mass is 1960 g/mol. The van der Waals surface area contributed by atoms with Crippen molar-refractivity contribution in [2.75, 3.05) is 170 Å². The number of nitrogens with zero attached hydrogens (tertiary/aromatic N) is 20. The maximum absolute atomic E-state index is 13.7. The maximum Gasteiger partial charge on any atom is 0.267 e. The van der Waals surface area contributed by atoms with Crippen molar-refractivity contribution >= 4 is 105 Å². The smallest absolute Gasteiger partial charge is 0.267 e. The van der Waals surface area contributed by atoms with Crippen LogP contribution in [0.2, 0.25) is 20.1 Å². The SMILES string of the molecule is CC1CN(C[C@H]2CN(C3CCN(C4=NN=C(N)C4)CC3)[C@@H](Cc3ccc(Cl)cc3)CO2)C1.NC1=NN=C(N2CCC(N3C[C@H](C(=O)N4CCC(F)(F)C4)OC[C@@H]3Cc3ccc(Cl)cc3)CC2)C1.NC1=NN=C(N2CCC(N3C[C@H](C(=O)N4CCC(F)(F)CC4)OC[C@@H]3Cc3ccc(Cl)cc3)CC2)C1.NC1=NN=C(N2CCC(N3C[C@H](CN4CCCCC4)OC[C@@H]3Cc3ccc(Cl)cc3)CC2)C1. The van der Waals surface area contributed by atoms with Gasteiger partial charge in [0.2, 0.25) is 0 Å². The number of hydrogen-bond acceptors (Lipinski definition) is 28. The predicted molar refractivity (Wildman–Crippen MR) is 527 cm³/mol. The largest absolute Gasteiger partial charge is 0.385 e. The fourth-order valence-corrected chi connectivity index (χ4v) is 23.1. The molecule has 16 heterocycles. The average Bonchev–Trinajstić information content (AvgIpc) is 1.44. The van der Waals surface area contributed by atoms with Gasteiger partial charge in [-0.15, -0.1) is 40.8 Å². The number of likely N-dealkylation sites (tertiary alicyclic amines) is 8.